The van der Waals surface area contributed by atoms with Crippen LogP contribution in [-0.2, 0) is 22.6 Å². The summed E-state index contributed by atoms with van der Waals surface area (Å²) in [5.41, 5.74) is 2.20. The fraction of sp³-hybridized carbons (Fsp3) is 0.606. The van der Waals surface area contributed by atoms with Crippen LogP contribution in [0.25, 0.3) is 0 Å². The number of unbranched alkanes of at least 4 members (excludes halogenated alkanes) is 8. The highest BCUT2D eigenvalue weighted by Gasteiger charge is 2.19. The molecule has 0 spiro atoms. The Hall–Kier alpha value is -2.41. The Balaban J connectivity index is 1.47. The number of alkyl carbamates (subject to hydrolysis) is 1. The lowest BCUT2D eigenvalue weighted by atomic mass is 10.1. The molecule has 1 amide bonds. The third-order valence-corrected chi connectivity index (χ3v) is 6.52. The van der Waals surface area contributed by atoms with Crippen LogP contribution in [0.3, 0.4) is 0 Å². The Morgan fingerprint density at radius 2 is 1.28 bits per heavy atom. The summed E-state index contributed by atoms with van der Waals surface area (Å²) < 4.78 is 10.9. The predicted molar refractivity (Wildman–Crippen MR) is 160 cm³/mol. The average Bonchev–Trinajstić information content (AvgIpc) is 2.90. The molecule has 0 aliphatic rings. The highest BCUT2D eigenvalue weighted by molar-refractivity contribution is 5.68. The van der Waals surface area contributed by atoms with Crippen molar-refractivity contribution in [2.45, 2.75) is 103 Å². The van der Waals surface area contributed by atoms with Gasteiger partial charge < -0.3 is 19.9 Å². The van der Waals surface area contributed by atoms with Gasteiger partial charge in [0.2, 0.25) is 0 Å². The van der Waals surface area contributed by atoms with Gasteiger partial charge in [-0.1, -0.05) is 106 Å². The molecule has 6 heteroatoms. The molecule has 2 aromatic rings. The maximum absolute atomic E-state index is 11.8. The van der Waals surface area contributed by atoms with E-state index in [0.717, 1.165) is 32.5 Å². The molecule has 0 bridgehead atoms. The highest BCUT2D eigenvalue weighted by Crippen LogP contribution is 2.14. The van der Waals surface area contributed by atoms with Crippen molar-refractivity contribution >= 4 is 6.09 Å². The van der Waals surface area contributed by atoms with E-state index in [1.165, 1.54) is 56.1 Å². The molecule has 2 aromatic carbocycles. The number of benzene rings is 2. The van der Waals surface area contributed by atoms with Crippen LogP contribution in [0, 0.1) is 0 Å². The molecular formula is C33H52N2O4. The molecule has 0 saturated heterocycles. The van der Waals surface area contributed by atoms with Gasteiger partial charge in [0.25, 0.3) is 0 Å². The lowest BCUT2D eigenvalue weighted by Crippen LogP contribution is -2.43. The van der Waals surface area contributed by atoms with Crippen molar-refractivity contribution in [3.05, 3.63) is 71.8 Å². The van der Waals surface area contributed by atoms with Gasteiger partial charge in [0.05, 0.1) is 19.3 Å². The minimum absolute atomic E-state index is 0.169. The number of ether oxygens (including phenoxy) is 2. The Morgan fingerprint density at radius 1 is 0.795 bits per heavy atom. The van der Waals surface area contributed by atoms with Gasteiger partial charge in [-0.2, -0.15) is 0 Å². The van der Waals surface area contributed by atoms with E-state index in [1.807, 2.05) is 20.8 Å². The molecule has 0 aromatic heterocycles. The number of hydrogen-bond donors (Lipinski definition) is 2. The van der Waals surface area contributed by atoms with Crippen LogP contribution < -0.4 is 5.32 Å². The number of aliphatic hydroxyl groups is 1. The summed E-state index contributed by atoms with van der Waals surface area (Å²) in [4.78, 5) is 14.4. The zero-order chi connectivity index (χ0) is 28.2. The maximum atomic E-state index is 11.8. The fourth-order valence-electron chi connectivity index (χ4n) is 4.51. The minimum Gasteiger partial charge on any atom is -0.444 e. The minimum atomic E-state index is -0.558. The van der Waals surface area contributed by atoms with Gasteiger partial charge in [-0.15, -0.1) is 0 Å². The van der Waals surface area contributed by atoms with Crippen molar-refractivity contribution < 1.29 is 19.4 Å². The monoisotopic (exact) mass is 540 g/mol. The lowest BCUT2D eigenvalue weighted by Gasteiger charge is -2.22. The predicted octanol–water partition coefficient (Wildman–Crippen LogP) is 7.10. The van der Waals surface area contributed by atoms with Gasteiger partial charge in [0.15, 0.2) is 0 Å². The molecule has 39 heavy (non-hydrogen) atoms. The van der Waals surface area contributed by atoms with E-state index in [9.17, 15) is 9.90 Å². The third-order valence-electron chi connectivity index (χ3n) is 6.52. The van der Waals surface area contributed by atoms with E-state index in [2.05, 4.69) is 70.9 Å². The summed E-state index contributed by atoms with van der Waals surface area (Å²) >= 11 is 0. The quantitative estimate of drug-likeness (QED) is 0.175. The van der Waals surface area contributed by atoms with E-state index >= 15 is 0 Å². The topological polar surface area (TPSA) is 71.0 Å². The molecule has 218 valence electrons. The third kappa shape index (κ3) is 17.0. The maximum Gasteiger partial charge on any atom is 0.408 e. The first-order valence-electron chi connectivity index (χ1n) is 14.8. The molecule has 0 saturated carbocycles. The molecule has 0 unspecified atom stereocenters. The zero-order valence-corrected chi connectivity index (χ0v) is 24.6. The van der Waals surface area contributed by atoms with E-state index in [1.54, 1.807) is 0 Å². The van der Waals surface area contributed by atoms with E-state index < -0.39 is 17.7 Å². The number of hydrogen-bond acceptors (Lipinski definition) is 5. The Bertz CT molecular complexity index is 829. The summed E-state index contributed by atoms with van der Waals surface area (Å²) in [6.07, 6.45) is 10.6. The number of amides is 1. The standard InChI is InChI=1S/C33H52N2O4/c1-33(2,3)39-32(37)34-31(27-36)28-38-24-18-10-8-6-4-5-7-9-17-23-35(25-29-19-13-11-14-20-29)26-30-21-15-12-16-22-30/h11-16,19-22,31,36H,4-10,17-18,23-28H2,1-3H3,(H,34,37)/t31-/m0/s1. The van der Waals surface area contributed by atoms with Crippen molar-refractivity contribution in [2.24, 2.45) is 0 Å². The summed E-state index contributed by atoms with van der Waals surface area (Å²) in [5.74, 6) is 0. The summed E-state index contributed by atoms with van der Waals surface area (Å²) in [7, 11) is 0. The van der Waals surface area contributed by atoms with Crippen LogP contribution in [-0.4, -0.2) is 54.1 Å². The second-order valence-electron chi connectivity index (χ2n) is 11.5. The van der Waals surface area contributed by atoms with Crippen molar-refractivity contribution in [3.8, 4) is 0 Å². The second-order valence-corrected chi connectivity index (χ2v) is 11.5. The van der Waals surface area contributed by atoms with Crippen LogP contribution in [0.4, 0.5) is 4.79 Å². The van der Waals surface area contributed by atoms with Gasteiger partial charge in [-0.3, -0.25) is 4.90 Å². The van der Waals surface area contributed by atoms with Crippen LogP contribution in [0.5, 0.6) is 0 Å². The molecule has 6 nitrogen and oxygen atoms in total. The van der Waals surface area contributed by atoms with Crippen LogP contribution >= 0.6 is 0 Å². The molecule has 0 heterocycles. The average molecular weight is 541 g/mol. The summed E-state index contributed by atoms with van der Waals surface area (Å²) in [5, 5.41) is 12.1. The number of carbonyl (C=O) groups excluding carboxylic acids is 1. The van der Waals surface area contributed by atoms with Gasteiger partial charge in [0.1, 0.15) is 5.60 Å². The van der Waals surface area contributed by atoms with Gasteiger partial charge >= 0.3 is 6.09 Å². The Kier molecular flexibility index (Phi) is 16.5. The number of nitrogens with zero attached hydrogens (tertiary/aromatic N) is 1. The van der Waals surface area contributed by atoms with Crippen LogP contribution in [0.15, 0.2) is 60.7 Å². The lowest BCUT2D eigenvalue weighted by molar-refractivity contribution is 0.0383. The molecule has 0 aliphatic carbocycles. The first-order chi connectivity index (χ1) is 18.9. The molecule has 1 atom stereocenters. The first kappa shape index (κ1) is 32.8. The number of rotatable bonds is 20. The van der Waals surface area contributed by atoms with Gasteiger partial charge in [-0.05, 0) is 51.3 Å². The molecular weight excluding hydrogens is 488 g/mol. The molecule has 0 aliphatic heterocycles. The molecule has 2 N–H and O–H groups in total. The van der Waals surface area contributed by atoms with Gasteiger partial charge in [0, 0.05) is 19.7 Å². The second kappa shape index (κ2) is 19.6. The number of nitrogens with one attached hydrogen (secondary N) is 1. The molecule has 2 rings (SSSR count). The number of carbonyl (C=O) groups is 1. The van der Waals surface area contributed by atoms with Crippen molar-refractivity contribution in [1.29, 1.82) is 0 Å². The van der Waals surface area contributed by atoms with Crippen molar-refractivity contribution in [2.75, 3.05) is 26.4 Å². The first-order valence-corrected chi connectivity index (χ1v) is 14.8. The smallest absolute Gasteiger partial charge is 0.408 e. The van der Waals surface area contributed by atoms with Crippen molar-refractivity contribution in [1.82, 2.24) is 10.2 Å². The van der Waals surface area contributed by atoms with E-state index in [4.69, 9.17) is 9.47 Å². The summed E-state index contributed by atoms with van der Waals surface area (Å²) in [6, 6.07) is 21.1. The fourth-order valence-corrected chi connectivity index (χ4v) is 4.51. The summed E-state index contributed by atoms with van der Waals surface area (Å²) in [6.45, 7) is 9.34. The Morgan fingerprint density at radius 3 is 1.77 bits per heavy atom. The van der Waals surface area contributed by atoms with Crippen molar-refractivity contribution in [3.63, 3.8) is 0 Å². The highest BCUT2D eigenvalue weighted by atomic mass is 16.6. The normalized spacial score (nSPS) is 12.4. The van der Waals surface area contributed by atoms with E-state index in [0.29, 0.717) is 13.2 Å². The van der Waals surface area contributed by atoms with E-state index in [-0.39, 0.29) is 6.61 Å². The van der Waals surface area contributed by atoms with Gasteiger partial charge in [-0.25, -0.2) is 4.79 Å². The van der Waals surface area contributed by atoms with Crippen LogP contribution in [0.2, 0.25) is 0 Å². The zero-order valence-electron chi connectivity index (χ0n) is 24.6. The SMILES string of the molecule is CC(C)(C)OC(=O)N[C@@H](CO)COCCCCCCCCCCCN(Cc1ccccc1)Cc1ccccc1. The molecule has 0 fully saturated rings. The largest absolute Gasteiger partial charge is 0.444 e. The molecule has 0 radical (unpaired) electrons. The number of aliphatic hydroxyl groups excluding tert-OH is 1. The van der Waals surface area contributed by atoms with Crippen LogP contribution in [0.1, 0.15) is 89.7 Å². The Labute approximate surface area is 237 Å².